The summed E-state index contributed by atoms with van der Waals surface area (Å²) in [5.41, 5.74) is 0. The summed E-state index contributed by atoms with van der Waals surface area (Å²) >= 11 is 0. The molecule has 66 valence electrons. The Labute approximate surface area is 73.0 Å². The molecule has 0 aromatic carbocycles. The fourth-order valence-corrected chi connectivity index (χ4v) is 1.04. The van der Waals surface area contributed by atoms with Crippen LogP contribution in [0, 0.1) is 5.92 Å². The van der Waals surface area contributed by atoms with E-state index in [1.807, 2.05) is 0 Å². The lowest BCUT2D eigenvalue weighted by molar-refractivity contribution is -0.143. The van der Waals surface area contributed by atoms with Gasteiger partial charge in [0.05, 0.1) is 0 Å². The fourth-order valence-electron chi connectivity index (χ4n) is 1.04. The Morgan fingerprint density at radius 2 is 1.83 bits per heavy atom. The summed E-state index contributed by atoms with van der Waals surface area (Å²) in [6, 6.07) is -0.845. The molecular formula is C7H12BNO3. The van der Waals surface area contributed by atoms with E-state index in [1.165, 1.54) is 7.05 Å². The highest BCUT2D eigenvalue weighted by atomic mass is 16.4. The van der Waals surface area contributed by atoms with Crippen molar-refractivity contribution in [3.05, 3.63) is 0 Å². The van der Waals surface area contributed by atoms with Gasteiger partial charge in [-0.1, -0.05) is 13.8 Å². The number of amides is 1. The van der Waals surface area contributed by atoms with Crippen LogP contribution in [0.3, 0.4) is 0 Å². The maximum atomic E-state index is 10.6. The molecule has 0 saturated heterocycles. The van der Waals surface area contributed by atoms with Crippen molar-refractivity contribution >= 4 is 19.6 Å². The second-order valence-corrected chi connectivity index (χ2v) is 2.98. The van der Waals surface area contributed by atoms with Crippen molar-refractivity contribution in [2.24, 2.45) is 5.92 Å². The monoisotopic (exact) mass is 169 g/mol. The van der Waals surface area contributed by atoms with Crippen LogP contribution in [0.1, 0.15) is 13.8 Å². The first-order chi connectivity index (χ1) is 5.37. The molecule has 0 aromatic rings. The van der Waals surface area contributed by atoms with Gasteiger partial charge in [-0.05, 0) is 5.92 Å². The smallest absolute Gasteiger partial charge is 0.326 e. The number of rotatable bonds is 3. The van der Waals surface area contributed by atoms with Crippen LogP contribution in [0.5, 0.6) is 0 Å². The molecule has 0 rings (SSSR count). The van der Waals surface area contributed by atoms with Gasteiger partial charge in [0.2, 0.25) is 7.85 Å². The highest BCUT2D eigenvalue weighted by Crippen LogP contribution is 2.08. The Balaban J connectivity index is 4.51. The van der Waals surface area contributed by atoms with Gasteiger partial charge in [-0.2, -0.15) is 0 Å². The molecule has 12 heavy (non-hydrogen) atoms. The number of nitrogens with zero attached hydrogens (tertiary/aromatic N) is 1. The van der Waals surface area contributed by atoms with Crippen molar-refractivity contribution in [1.29, 1.82) is 0 Å². The third-order valence-corrected chi connectivity index (χ3v) is 1.65. The largest absolute Gasteiger partial charge is 0.480 e. The predicted molar refractivity (Wildman–Crippen MR) is 45.2 cm³/mol. The number of carboxylic acid groups (broad SMARTS) is 1. The van der Waals surface area contributed by atoms with Crippen molar-refractivity contribution < 1.29 is 14.7 Å². The van der Waals surface area contributed by atoms with Crippen LogP contribution < -0.4 is 0 Å². The lowest BCUT2D eigenvalue weighted by Crippen LogP contribution is -2.45. The van der Waals surface area contributed by atoms with Gasteiger partial charge < -0.3 is 10.0 Å². The average Bonchev–Trinajstić information content (AvgIpc) is 1.85. The minimum Gasteiger partial charge on any atom is -0.480 e. The number of carbonyl (C=O) groups is 2. The van der Waals surface area contributed by atoms with Crippen molar-refractivity contribution in [3.63, 3.8) is 0 Å². The molecule has 0 spiro atoms. The Bertz CT molecular complexity index is 193. The SMILES string of the molecule is [B]C(=O)N(C)C(C(=O)O)C(C)C. The summed E-state index contributed by atoms with van der Waals surface area (Å²) in [4.78, 5) is 22.3. The minimum atomic E-state index is -1.04. The molecular weight excluding hydrogens is 157 g/mol. The van der Waals surface area contributed by atoms with Gasteiger partial charge in [-0.25, -0.2) is 4.79 Å². The summed E-state index contributed by atoms with van der Waals surface area (Å²) in [6.07, 6.45) is 0. The van der Waals surface area contributed by atoms with Crippen LogP contribution >= 0.6 is 0 Å². The van der Waals surface area contributed by atoms with Crippen LogP contribution in [0.15, 0.2) is 0 Å². The molecule has 1 amide bonds. The van der Waals surface area contributed by atoms with Crippen molar-refractivity contribution in [1.82, 2.24) is 4.90 Å². The molecule has 0 bridgehead atoms. The van der Waals surface area contributed by atoms with Gasteiger partial charge in [-0.15, -0.1) is 0 Å². The fraction of sp³-hybridized carbons (Fsp3) is 0.714. The third kappa shape index (κ3) is 2.56. The number of carboxylic acids is 1. The lowest BCUT2D eigenvalue weighted by atomic mass is 10.00. The number of carbonyl (C=O) groups excluding carboxylic acids is 1. The van der Waals surface area contributed by atoms with Crippen LogP contribution in [-0.2, 0) is 4.79 Å². The first-order valence-corrected chi connectivity index (χ1v) is 3.63. The van der Waals surface area contributed by atoms with E-state index in [2.05, 4.69) is 0 Å². The average molecular weight is 169 g/mol. The van der Waals surface area contributed by atoms with E-state index in [1.54, 1.807) is 13.8 Å². The predicted octanol–water partition coefficient (Wildman–Crippen LogP) is 0.316. The Kier molecular flexibility index (Phi) is 3.79. The third-order valence-electron chi connectivity index (χ3n) is 1.65. The van der Waals surface area contributed by atoms with E-state index in [-0.39, 0.29) is 5.92 Å². The summed E-state index contributed by atoms with van der Waals surface area (Å²) in [5, 5.41) is 8.71. The van der Waals surface area contributed by atoms with E-state index in [4.69, 9.17) is 13.0 Å². The Morgan fingerprint density at radius 1 is 1.42 bits per heavy atom. The normalized spacial score (nSPS) is 12.7. The molecule has 4 nitrogen and oxygen atoms in total. The van der Waals surface area contributed by atoms with E-state index >= 15 is 0 Å². The lowest BCUT2D eigenvalue weighted by Gasteiger charge is -2.26. The summed E-state index contributed by atoms with van der Waals surface area (Å²) < 4.78 is 0. The molecule has 0 aliphatic heterocycles. The van der Waals surface area contributed by atoms with Crippen molar-refractivity contribution in [2.75, 3.05) is 7.05 Å². The molecule has 0 saturated carbocycles. The van der Waals surface area contributed by atoms with Gasteiger partial charge in [0, 0.05) is 7.05 Å². The molecule has 0 fully saturated rings. The zero-order chi connectivity index (χ0) is 9.89. The Hall–Kier alpha value is -0.995. The van der Waals surface area contributed by atoms with E-state index in [9.17, 15) is 9.59 Å². The van der Waals surface area contributed by atoms with E-state index in [0.29, 0.717) is 0 Å². The van der Waals surface area contributed by atoms with Gasteiger partial charge in [0.25, 0.3) is 0 Å². The molecule has 0 aromatic heterocycles. The Morgan fingerprint density at radius 3 is 1.92 bits per heavy atom. The highest BCUT2D eigenvalue weighted by molar-refractivity contribution is 6.57. The summed E-state index contributed by atoms with van der Waals surface area (Å²) in [6.45, 7) is 3.44. The van der Waals surface area contributed by atoms with Crippen molar-refractivity contribution in [2.45, 2.75) is 19.9 Å². The van der Waals surface area contributed by atoms with Crippen molar-refractivity contribution in [3.8, 4) is 0 Å². The molecule has 1 atom stereocenters. The zero-order valence-electron chi connectivity index (χ0n) is 7.44. The molecule has 0 heterocycles. The molecule has 1 N–H and O–H groups in total. The molecule has 0 aliphatic carbocycles. The number of hydrogen-bond acceptors (Lipinski definition) is 2. The van der Waals surface area contributed by atoms with Crippen LogP contribution in [0.4, 0.5) is 4.79 Å². The van der Waals surface area contributed by atoms with Crippen LogP contribution in [0.2, 0.25) is 0 Å². The zero-order valence-corrected chi connectivity index (χ0v) is 7.44. The number of hydrogen-bond donors (Lipinski definition) is 1. The number of likely N-dealkylation sites (N-methyl/N-ethyl adjacent to an activating group) is 1. The molecule has 2 radical (unpaired) electrons. The summed E-state index contributed by atoms with van der Waals surface area (Å²) in [7, 11) is 6.31. The van der Waals surface area contributed by atoms with Gasteiger partial charge in [-0.3, -0.25) is 4.79 Å². The van der Waals surface area contributed by atoms with Gasteiger partial charge in [0.15, 0.2) is 5.81 Å². The highest BCUT2D eigenvalue weighted by Gasteiger charge is 2.26. The number of aliphatic carboxylic acids is 1. The second-order valence-electron chi connectivity index (χ2n) is 2.98. The van der Waals surface area contributed by atoms with Crippen LogP contribution in [0.25, 0.3) is 0 Å². The second kappa shape index (κ2) is 4.14. The quantitative estimate of drug-likeness (QED) is 0.618. The topological polar surface area (TPSA) is 57.6 Å². The first kappa shape index (κ1) is 11.0. The maximum Gasteiger partial charge on any atom is 0.326 e. The van der Waals surface area contributed by atoms with Crippen LogP contribution in [-0.4, -0.2) is 42.7 Å². The maximum absolute atomic E-state index is 10.6. The minimum absolute atomic E-state index is 0.153. The van der Waals surface area contributed by atoms with Gasteiger partial charge >= 0.3 is 5.97 Å². The standard InChI is InChI=1S/C7H12BNO3/c1-4(2)5(6(10)11)9(3)7(8)12/h4-5H,1-3H3,(H,10,11). The molecule has 0 aliphatic rings. The first-order valence-electron chi connectivity index (χ1n) is 3.63. The molecule has 5 heteroatoms. The molecule has 1 unspecified atom stereocenters. The van der Waals surface area contributed by atoms with E-state index in [0.717, 1.165) is 4.90 Å². The van der Waals surface area contributed by atoms with E-state index < -0.39 is 17.8 Å². The summed E-state index contributed by atoms with van der Waals surface area (Å²) in [5.74, 6) is -1.91. The van der Waals surface area contributed by atoms with Gasteiger partial charge in [0.1, 0.15) is 6.04 Å².